The van der Waals surface area contributed by atoms with Crippen LogP contribution in [0.5, 0.6) is 0 Å². The highest BCUT2D eigenvalue weighted by atomic mass is 35.5. The number of nitrogens with zero attached hydrogens (tertiary/aromatic N) is 1. The van der Waals surface area contributed by atoms with Crippen molar-refractivity contribution in [2.75, 3.05) is 13.1 Å². The summed E-state index contributed by atoms with van der Waals surface area (Å²) in [6, 6.07) is 5.96. The van der Waals surface area contributed by atoms with Crippen molar-refractivity contribution in [1.29, 1.82) is 0 Å². The van der Waals surface area contributed by atoms with Crippen LogP contribution in [-0.4, -0.2) is 23.4 Å². The molecule has 0 bridgehead atoms. The van der Waals surface area contributed by atoms with Gasteiger partial charge >= 0.3 is 0 Å². The quantitative estimate of drug-likeness (QED) is 0.689. The largest absolute Gasteiger partial charge is 0.314 e. The molecule has 1 N–H and O–H groups in total. The summed E-state index contributed by atoms with van der Waals surface area (Å²) in [4.78, 5) is 0. The van der Waals surface area contributed by atoms with Gasteiger partial charge in [0.25, 0.3) is 0 Å². The van der Waals surface area contributed by atoms with Crippen molar-refractivity contribution in [1.82, 2.24) is 5.06 Å². The number of rotatable bonds is 0. The summed E-state index contributed by atoms with van der Waals surface area (Å²) in [5.41, 5.74) is 2.57. The minimum Gasteiger partial charge on any atom is -0.314 e. The second-order valence-electron chi connectivity index (χ2n) is 3.37. The van der Waals surface area contributed by atoms with Gasteiger partial charge in [0.05, 0.1) is 0 Å². The zero-order valence-electron chi connectivity index (χ0n) is 7.33. The maximum absolute atomic E-state index is 9.33. The van der Waals surface area contributed by atoms with Crippen molar-refractivity contribution in [3.05, 3.63) is 34.3 Å². The molecule has 1 aliphatic heterocycles. The van der Waals surface area contributed by atoms with Gasteiger partial charge in [0, 0.05) is 18.1 Å². The SMILES string of the molecule is ON1CCc2ccc(Cl)cc2CC1. The fourth-order valence-electron chi connectivity index (χ4n) is 1.68. The number of hydroxylamine groups is 2. The molecule has 0 fully saturated rings. The van der Waals surface area contributed by atoms with E-state index < -0.39 is 0 Å². The van der Waals surface area contributed by atoms with Crippen LogP contribution in [0.3, 0.4) is 0 Å². The van der Waals surface area contributed by atoms with Crippen LogP contribution in [0, 0.1) is 0 Å². The van der Waals surface area contributed by atoms with Crippen molar-refractivity contribution in [2.24, 2.45) is 0 Å². The lowest BCUT2D eigenvalue weighted by molar-refractivity contribution is -0.0867. The molecule has 0 radical (unpaired) electrons. The average Bonchev–Trinajstić information content (AvgIpc) is 2.29. The van der Waals surface area contributed by atoms with Gasteiger partial charge in [-0.05, 0) is 36.1 Å². The highest BCUT2D eigenvalue weighted by Gasteiger charge is 2.11. The molecule has 1 aromatic rings. The molecule has 0 spiro atoms. The van der Waals surface area contributed by atoms with E-state index in [0.717, 1.165) is 17.9 Å². The number of benzene rings is 1. The number of halogens is 1. The third kappa shape index (κ3) is 2.02. The highest BCUT2D eigenvalue weighted by Crippen LogP contribution is 2.19. The van der Waals surface area contributed by atoms with E-state index in [9.17, 15) is 5.21 Å². The van der Waals surface area contributed by atoms with E-state index in [1.807, 2.05) is 12.1 Å². The monoisotopic (exact) mass is 197 g/mol. The van der Waals surface area contributed by atoms with E-state index in [-0.39, 0.29) is 0 Å². The van der Waals surface area contributed by atoms with Crippen LogP contribution in [-0.2, 0) is 12.8 Å². The van der Waals surface area contributed by atoms with Crippen LogP contribution in [0.15, 0.2) is 18.2 Å². The Kier molecular flexibility index (Phi) is 2.54. The van der Waals surface area contributed by atoms with Crippen molar-refractivity contribution >= 4 is 11.6 Å². The van der Waals surface area contributed by atoms with Crippen molar-refractivity contribution in [3.63, 3.8) is 0 Å². The summed E-state index contributed by atoms with van der Waals surface area (Å²) in [6.45, 7) is 1.42. The van der Waals surface area contributed by atoms with E-state index >= 15 is 0 Å². The lowest BCUT2D eigenvalue weighted by Crippen LogP contribution is -2.21. The maximum Gasteiger partial charge on any atom is 0.0408 e. The van der Waals surface area contributed by atoms with Crippen LogP contribution in [0.2, 0.25) is 5.02 Å². The molecule has 1 aromatic carbocycles. The molecule has 0 amide bonds. The molecule has 1 aliphatic rings. The number of hydrogen-bond acceptors (Lipinski definition) is 2. The highest BCUT2D eigenvalue weighted by molar-refractivity contribution is 6.30. The zero-order valence-corrected chi connectivity index (χ0v) is 8.09. The predicted octanol–water partition coefficient (Wildman–Crippen LogP) is 2.13. The minimum atomic E-state index is 0.702. The van der Waals surface area contributed by atoms with Gasteiger partial charge in [0.15, 0.2) is 0 Å². The van der Waals surface area contributed by atoms with E-state index in [1.165, 1.54) is 16.2 Å². The number of hydrogen-bond donors (Lipinski definition) is 1. The molecule has 0 unspecified atom stereocenters. The van der Waals surface area contributed by atoms with Crippen molar-refractivity contribution in [2.45, 2.75) is 12.8 Å². The normalized spacial score (nSPS) is 18.0. The third-order valence-corrected chi connectivity index (χ3v) is 2.68. The summed E-state index contributed by atoms with van der Waals surface area (Å²) >= 11 is 5.89. The molecule has 70 valence electrons. The number of fused-ring (bicyclic) bond motifs is 1. The minimum absolute atomic E-state index is 0.702. The van der Waals surface area contributed by atoms with Gasteiger partial charge < -0.3 is 5.21 Å². The van der Waals surface area contributed by atoms with Crippen LogP contribution in [0.25, 0.3) is 0 Å². The van der Waals surface area contributed by atoms with E-state index in [0.29, 0.717) is 13.1 Å². The molecular formula is C10H12ClNO. The summed E-state index contributed by atoms with van der Waals surface area (Å²) in [6.07, 6.45) is 1.79. The smallest absolute Gasteiger partial charge is 0.0408 e. The fraction of sp³-hybridized carbons (Fsp3) is 0.400. The Labute approximate surface area is 82.7 Å². The summed E-state index contributed by atoms with van der Waals surface area (Å²) in [7, 11) is 0. The van der Waals surface area contributed by atoms with Crippen LogP contribution < -0.4 is 0 Å². The standard InChI is InChI=1S/C10H12ClNO/c11-10-2-1-8-3-5-12(13)6-4-9(8)7-10/h1-2,7,13H,3-6H2. The van der Waals surface area contributed by atoms with Crippen LogP contribution in [0.4, 0.5) is 0 Å². The van der Waals surface area contributed by atoms with Gasteiger partial charge in [-0.3, -0.25) is 0 Å². The fourth-order valence-corrected chi connectivity index (χ4v) is 1.88. The Morgan fingerprint density at radius 3 is 2.62 bits per heavy atom. The Bertz CT molecular complexity index is 314. The van der Waals surface area contributed by atoms with E-state index in [4.69, 9.17) is 11.6 Å². The first kappa shape index (κ1) is 9.00. The average molecular weight is 198 g/mol. The molecule has 0 saturated heterocycles. The molecule has 3 heteroatoms. The molecule has 1 heterocycles. The van der Waals surface area contributed by atoms with Gasteiger partial charge in [0.2, 0.25) is 0 Å². The van der Waals surface area contributed by atoms with Crippen molar-refractivity contribution in [3.8, 4) is 0 Å². The maximum atomic E-state index is 9.33. The Balaban J connectivity index is 2.30. The lowest BCUT2D eigenvalue weighted by Gasteiger charge is -2.08. The summed E-state index contributed by atoms with van der Waals surface area (Å²) in [5.74, 6) is 0. The Morgan fingerprint density at radius 1 is 1.15 bits per heavy atom. The van der Waals surface area contributed by atoms with E-state index in [2.05, 4.69) is 6.07 Å². The van der Waals surface area contributed by atoms with Crippen LogP contribution in [0.1, 0.15) is 11.1 Å². The Hall–Kier alpha value is -0.570. The second kappa shape index (κ2) is 3.66. The zero-order chi connectivity index (χ0) is 9.26. The molecule has 0 atom stereocenters. The second-order valence-corrected chi connectivity index (χ2v) is 3.80. The van der Waals surface area contributed by atoms with Gasteiger partial charge in [-0.25, -0.2) is 0 Å². The molecule has 0 aromatic heterocycles. The van der Waals surface area contributed by atoms with Gasteiger partial charge in [0.1, 0.15) is 0 Å². The Morgan fingerprint density at radius 2 is 1.85 bits per heavy atom. The van der Waals surface area contributed by atoms with E-state index in [1.54, 1.807) is 0 Å². The van der Waals surface area contributed by atoms with Gasteiger partial charge in [-0.15, -0.1) is 0 Å². The third-order valence-electron chi connectivity index (χ3n) is 2.45. The van der Waals surface area contributed by atoms with Crippen LogP contribution >= 0.6 is 11.6 Å². The lowest BCUT2D eigenvalue weighted by atomic mass is 10.0. The molecular weight excluding hydrogens is 186 g/mol. The predicted molar refractivity (Wildman–Crippen MR) is 52.2 cm³/mol. The molecule has 0 saturated carbocycles. The van der Waals surface area contributed by atoms with Gasteiger partial charge in [-0.1, -0.05) is 17.7 Å². The first-order valence-corrected chi connectivity index (χ1v) is 4.84. The van der Waals surface area contributed by atoms with Gasteiger partial charge in [-0.2, -0.15) is 5.06 Å². The van der Waals surface area contributed by atoms with Crippen molar-refractivity contribution < 1.29 is 5.21 Å². The first-order chi connectivity index (χ1) is 6.25. The topological polar surface area (TPSA) is 23.5 Å². The molecule has 0 aliphatic carbocycles. The summed E-state index contributed by atoms with van der Waals surface area (Å²) in [5, 5.41) is 11.5. The molecule has 2 nitrogen and oxygen atoms in total. The molecule has 2 rings (SSSR count). The summed E-state index contributed by atoms with van der Waals surface area (Å²) < 4.78 is 0. The molecule has 13 heavy (non-hydrogen) atoms. The first-order valence-electron chi connectivity index (χ1n) is 4.47.